The molecular formula is C13H19ClN2O2. The second-order valence-corrected chi connectivity index (χ2v) is 5.36. The Kier molecular flexibility index (Phi) is 4.30. The van der Waals surface area contributed by atoms with Crippen LogP contribution in [0.1, 0.15) is 49.1 Å². The monoisotopic (exact) mass is 270 g/mol. The van der Waals surface area contributed by atoms with Crippen molar-refractivity contribution >= 4 is 17.5 Å². The lowest BCUT2D eigenvalue weighted by molar-refractivity contribution is 0.0927. The number of nitrogens with zero attached hydrogens (tertiary/aromatic N) is 1. The number of carbonyl (C=O) groups is 1. The number of hydrogen-bond acceptors (Lipinski definition) is 2. The predicted molar refractivity (Wildman–Crippen MR) is 71.0 cm³/mol. The maximum absolute atomic E-state index is 12.1. The third kappa shape index (κ3) is 3.27. The van der Waals surface area contributed by atoms with Gasteiger partial charge in [-0.05, 0) is 38.7 Å². The zero-order valence-electron chi connectivity index (χ0n) is 10.5. The number of aliphatic hydroxyl groups is 1. The zero-order valence-corrected chi connectivity index (χ0v) is 11.3. The van der Waals surface area contributed by atoms with E-state index in [1.165, 1.54) is 0 Å². The van der Waals surface area contributed by atoms with Crippen LogP contribution in [0, 0.1) is 0 Å². The molecule has 2 rings (SSSR count). The topological polar surface area (TPSA) is 54.3 Å². The molecule has 1 aliphatic rings. The molecule has 4 nitrogen and oxygen atoms in total. The van der Waals surface area contributed by atoms with E-state index in [0.29, 0.717) is 23.2 Å². The first-order valence-electron chi connectivity index (χ1n) is 6.41. The highest BCUT2D eigenvalue weighted by Crippen LogP contribution is 2.37. The Balaban J connectivity index is 1.99. The summed E-state index contributed by atoms with van der Waals surface area (Å²) in [6, 6.07) is 2.21. The van der Waals surface area contributed by atoms with Crippen molar-refractivity contribution in [2.75, 3.05) is 6.61 Å². The van der Waals surface area contributed by atoms with Gasteiger partial charge in [0.25, 0.3) is 5.91 Å². The van der Waals surface area contributed by atoms with Crippen LogP contribution in [0.3, 0.4) is 0 Å². The lowest BCUT2D eigenvalue weighted by Gasteiger charge is -2.14. The summed E-state index contributed by atoms with van der Waals surface area (Å²) in [5.74, 6) is -0.0840. The fourth-order valence-corrected chi connectivity index (χ4v) is 2.26. The van der Waals surface area contributed by atoms with Crippen molar-refractivity contribution < 1.29 is 9.90 Å². The van der Waals surface area contributed by atoms with Crippen molar-refractivity contribution in [2.45, 2.75) is 44.7 Å². The number of amides is 1. The minimum absolute atomic E-state index is 0.0611. The SMILES string of the molecule is CC(CCCO)NC(=O)c1cc(Cl)cn1C1CC1. The molecule has 1 aliphatic carbocycles. The summed E-state index contributed by atoms with van der Waals surface area (Å²) in [6.07, 6.45) is 5.54. The first-order valence-corrected chi connectivity index (χ1v) is 6.78. The van der Waals surface area contributed by atoms with E-state index in [1.54, 1.807) is 6.07 Å². The first-order chi connectivity index (χ1) is 8.61. The fourth-order valence-electron chi connectivity index (χ4n) is 2.05. The van der Waals surface area contributed by atoms with E-state index in [0.717, 1.165) is 19.3 Å². The Labute approximate surface area is 112 Å². The van der Waals surface area contributed by atoms with Crippen LogP contribution in [0.15, 0.2) is 12.3 Å². The van der Waals surface area contributed by atoms with Crippen molar-refractivity contribution in [3.8, 4) is 0 Å². The van der Waals surface area contributed by atoms with Crippen molar-refractivity contribution in [3.63, 3.8) is 0 Å². The molecule has 0 bridgehead atoms. The fraction of sp³-hybridized carbons (Fsp3) is 0.615. The molecule has 1 aromatic heterocycles. The predicted octanol–water partition coefficient (Wildman–Crippen LogP) is 2.37. The summed E-state index contributed by atoms with van der Waals surface area (Å²) in [7, 11) is 0. The summed E-state index contributed by atoms with van der Waals surface area (Å²) in [4.78, 5) is 12.1. The van der Waals surface area contributed by atoms with Crippen molar-refractivity contribution in [3.05, 3.63) is 23.0 Å². The van der Waals surface area contributed by atoms with Gasteiger partial charge in [0.2, 0.25) is 0 Å². The molecule has 5 heteroatoms. The maximum atomic E-state index is 12.1. The Morgan fingerprint density at radius 3 is 3.00 bits per heavy atom. The zero-order chi connectivity index (χ0) is 13.1. The van der Waals surface area contributed by atoms with Crippen LogP contribution in [0.4, 0.5) is 0 Å². The molecule has 0 aliphatic heterocycles. The third-order valence-electron chi connectivity index (χ3n) is 3.16. The number of rotatable bonds is 6. The normalized spacial score (nSPS) is 16.6. The number of hydrogen-bond donors (Lipinski definition) is 2. The number of carbonyl (C=O) groups excluding carboxylic acids is 1. The molecule has 0 saturated heterocycles. The van der Waals surface area contributed by atoms with Gasteiger partial charge in [-0.15, -0.1) is 0 Å². The molecule has 1 fully saturated rings. The molecule has 100 valence electrons. The minimum atomic E-state index is -0.0840. The second kappa shape index (κ2) is 5.76. The molecule has 0 aromatic carbocycles. The van der Waals surface area contributed by atoms with Gasteiger partial charge in [0.15, 0.2) is 0 Å². The van der Waals surface area contributed by atoms with Crippen LogP contribution in [-0.2, 0) is 0 Å². The molecular weight excluding hydrogens is 252 g/mol. The minimum Gasteiger partial charge on any atom is -0.396 e. The second-order valence-electron chi connectivity index (χ2n) is 4.92. The maximum Gasteiger partial charge on any atom is 0.268 e. The number of nitrogens with one attached hydrogen (secondary N) is 1. The van der Waals surface area contributed by atoms with Crippen molar-refractivity contribution in [1.82, 2.24) is 9.88 Å². The van der Waals surface area contributed by atoms with E-state index in [9.17, 15) is 4.79 Å². The molecule has 1 aromatic rings. The Bertz CT molecular complexity index is 427. The molecule has 1 atom stereocenters. The summed E-state index contributed by atoms with van der Waals surface area (Å²) < 4.78 is 1.97. The third-order valence-corrected chi connectivity index (χ3v) is 3.37. The average molecular weight is 271 g/mol. The molecule has 1 amide bonds. The summed E-state index contributed by atoms with van der Waals surface area (Å²) in [6.45, 7) is 2.10. The highest BCUT2D eigenvalue weighted by molar-refractivity contribution is 6.31. The van der Waals surface area contributed by atoms with Crippen molar-refractivity contribution in [1.29, 1.82) is 0 Å². The van der Waals surface area contributed by atoms with Crippen molar-refractivity contribution in [2.24, 2.45) is 0 Å². The molecule has 1 heterocycles. The van der Waals surface area contributed by atoms with Gasteiger partial charge in [-0.25, -0.2) is 0 Å². The lowest BCUT2D eigenvalue weighted by Crippen LogP contribution is -2.33. The van der Waals surface area contributed by atoms with Gasteiger partial charge in [0.05, 0.1) is 5.02 Å². The molecule has 1 saturated carbocycles. The number of aliphatic hydroxyl groups excluding tert-OH is 1. The van der Waals surface area contributed by atoms with Gasteiger partial charge in [-0.3, -0.25) is 4.79 Å². The Hall–Kier alpha value is -1.00. The summed E-state index contributed by atoms with van der Waals surface area (Å²) >= 11 is 5.97. The van der Waals surface area contributed by atoms with E-state index in [1.807, 2.05) is 17.7 Å². The smallest absolute Gasteiger partial charge is 0.268 e. The van der Waals surface area contributed by atoms with Crippen LogP contribution in [0.2, 0.25) is 5.02 Å². The molecule has 0 spiro atoms. The van der Waals surface area contributed by atoms with Crippen LogP contribution < -0.4 is 5.32 Å². The van der Waals surface area contributed by atoms with Gasteiger partial charge in [-0.2, -0.15) is 0 Å². The van der Waals surface area contributed by atoms with Gasteiger partial charge < -0.3 is 15.0 Å². The Morgan fingerprint density at radius 2 is 2.39 bits per heavy atom. The van der Waals surface area contributed by atoms with Gasteiger partial charge in [-0.1, -0.05) is 11.6 Å². The van der Waals surface area contributed by atoms with E-state index in [2.05, 4.69) is 5.32 Å². The molecule has 1 unspecified atom stereocenters. The van der Waals surface area contributed by atoms with E-state index < -0.39 is 0 Å². The molecule has 0 radical (unpaired) electrons. The largest absolute Gasteiger partial charge is 0.396 e. The standard InChI is InChI=1S/C13H19ClN2O2/c1-9(3-2-6-17)15-13(18)12-7-10(14)8-16(12)11-4-5-11/h7-9,11,17H,2-6H2,1H3,(H,15,18). The van der Waals surface area contributed by atoms with Crippen LogP contribution >= 0.6 is 11.6 Å². The van der Waals surface area contributed by atoms with E-state index in [4.69, 9.17) is 16.7 Å². The highest BCUT2D eigenvalue weighted by Gasteiger charge is 2.28. The summed E-state index contributed by atoms with van der Waals surface area (Å²) in [5, 5.41) is 12.3. The first kappa shape index (κ1) is 13.4. The van der Waals surface area contributed by atoms with Gasteiger partial charge in [0, 0.05) is 24.9 Å². The summed E-state index contributed by atoms with van der Waals surface area (Å²) in [5.41, 5.74) is 0.637. The number of halogens is 1. The van der Waals surface area contributed by atoms with Crippen LogP contribution in [0.25, 0.3) is 0 Å². The molecule has 2 N–H and O–H groups in total. The van der Waals surface area contributed by atoms with E-state index in [-0.39, 0.29) is 18.6 Å². The van der Waals surface area contributed by atoms with Gasteiger partial charge >= 0.3 is 0 Å². The molecule has 18 heavy (non-hydrogen) atoms. The van der Waals surface area contributed by atoms with Gasteiger partial charge in [0.1, 0.15) is 5.69 Å². The Morgan fingerprint density at radius 1 is 1.67 bits per heavy atom. The van der Waals surface area contributed by atoms with Crippen LogP contribution in [-0.4, -0.2) is 28.2 Å². The number of aromatic nitrogens is 1. The lowest BCUT2D eigenvalue weighted by atomic mass is 10.2. The highest BCUT2D eigenvalue weighted by atomic mass is 35.5. The quantitative estimate of drug-likeness (QED) is 0.834. The average Bonchev–Trinajstić information content (AvgIpc) is 3.09. The van der Waals surface area contributed by atoms with Crippen LogP contribution in [0.5, 0.6) is 0 Å². The van der Waals surface area contributed by atoms with E-state index >= 15 is 0 Å².